The molecule has 0 unspecified atom stereocenters. The van der Waals surface area contributed by atoms with Crippen molar-refractivity contribution in [3.63, 3.8) is 0 Å². The van der Waals surface area contributed by atoms with Crippen molar-refractivity contribution in [1.82, 2.24) is 4.98 Å². The van der Waals surface area contributed by atoms with Crippen molar-refractivity contribution in [2.24, 2.45) is 0 Å². The molecule has 1 aromatic heterocycles. The molecule has 104 valence electrons. The molecule has 0 fully saturated rings. The van der Waals surface area contributed by atoms with Gasteiger partial charge in [0.05, 0.1) is 5.52 Å². The lowest BCUT2D eigenvalue weighted by molar-refractivity contribution is 0.112. The zero-order chi connectivity index (χ0) is 14.6. The Morgan fingerprint density at radius 1 is 1.14 bits per heavy atom. The monoisotopic (exact) mass is 277 g/mol. The third-order valence-electron chi connectivity index (χ3n) is 3.96. The van der Waals surface area contributed by atoms with Crippen LogP contribution in [0.2, 0.25) is 0 Å². The topological polar surface area (TPSA) is 42.1 Å². The zero-order valence-corrected chi connectivity index (χ0v) is 11.9. The maximum absolute atomic E-state index is 11.0. The molecule has 21 heavy (non-hydrogen) atoms. The van der Waals surface area contributed by atoms with Gasteiger partial charge in [-0.15, -0.1) is 0 Å². The van der Waals surface area contributed by atoms with E-state index in [0.717, 1.165) is 39.4 Å². The van der Waals surface area contributed by atoms with Crippen molar-refractivity contribution in [1.29, 1.82) is 0 Å². The summed E-state index contributed by atoms with van der Waals surface area (Å²) >= 11 is 0. The van der Waals surface area contributed by atoms with Gasteiger partial charge < -0.3 is 9.72 Å². The number of fused-ring (bicyclic) bond motifs is 5. The molecule has 0 aliphatic carbocycles. The van der Waals surface area contributed by atoms with Gasteiger partial charge in [-0.25, -0.2) is 0 Å². The number of H-pyrrole nitrogens is 1. The van der Waals surface area contributed by atoms with Crippen LogP contribution in [0, 0.1) is 0 Å². The van der Waals surface area contributed by atoms with Crippen LogP contribution in [0.25, 0.3) is 27.9 Å². The molecule has 2 heterocycles. The first-order chi connectivity index (χ1) is 10.1. The molecule has 0 saturated carbocycles. The third kappa shape index (κ3) is 1.77. The normalized spacial score (nSPS) is 15.9. The number of aromatic amines is 1. The van der Waals surface area contributed by atoms with Crippen LogP contribution in [-0.4, -0.2) is 16.9 Å². The van der Waals surface area contributed by atoms with Crippen LogP contribution in [0.4, 0.5) is 0 Å². The smallest absolute Gasteiger partial charge is 0.150 e. The molecular weight excluding hydrogens is 262 g/mol. The Kier molecular flexibility index (Phi) is 2.31. The van der Waals surface area contributed by atoms with Crippen LogP contribution < -0.4 is 4.74 Å². The summed E-state index contributed by atoms with van der Waals surface area (Å²) in [4.78, 5) is 14.4. The molecule has 0 saturated heterocycles. The Balaban J connectivity index is 2.05. The molecule has 1 N–H and O–H groups in total. The zero-order valence-electron chi connectivity index (χ0n) is 11.9. The van der Waals surface area contributed by atoms with Crippen LogP contribution in [0.15, 0.2) is 36.4 Å². The van der Waals surface area contributed by atoms with Gasteiger partial charge in [0, 0.05) is 27.4 Å². The maximum Gasteiger partial charge on any atom is 0.150 e. The molecule has 3 nitrogen and oxygen atoms in total. The number of hydrogen-bond donors (Lipinski definition) is 1. The average Bonchev–Trinajstić information content (AvgIpc) is 2.83. The average molecular weight is 277 g/mol. The summed E-state index contributed by atoms with van der Waals surface area (Å²) in [6, 6.07) is 9.75. The van der Waals surface area contributed by atoms with E-state index in [0.29, 0.717) is 5.56 Å². The van der Waals surface area contributed by atoms with Crippen LogP contribution in [0.5, 0.6) is 5.75 Å². The van der Waals surface area contributed by atoms with Crippen LogP contribution in [-0.2, 0) is 0 Å². The van der Waals surface area contributed by atoms with E-state index in [1.54, 1.807) is 0 Å². The van der Waals surface area contributed by atoms with Gasteiger partial charge in [0.2, 0.25) is 0 Å². The summed E-state index contributed by atoms with van der Waals surface area (Å²) in [6.45, 7) is 4.08. The number of rotatable bonds is 1. The van der Waals surface area contributed by atoms with Crippen molar-refractivity contribution in [2.75, 3.05) is 0 Å². The highest BCUT2D eigenvalue weighted by atomic mass is 16.5. The molecule has 0 atom stereocenters. The van der Waals surface area contributed by atoms with Crippen molar-refractivity contribution in [3.8, 4) is 5.75 Å². The molecule has 1 aliphatic rings. The van der Waals surface area contributed by atoms with Gasteiger partial charge in [0.15, 0.2) is 0 Å². The van der Waals surface area contributed by atoms with Crippen LogP contribution in [0.1, 0.15) is 29.8 Å². The largest absolute Gasteiger partial charge is 0.483 e. The highest BCUT2D eigenvalue weighted by Gasteiger charge is 2.23. The number of ether oxygens (including phenoxy) is 1. The van der Waals surface area contributed by atoms with Crippen molar-refractivity contribution < 1.29 is 9.53 Å². The third-order valence-corrected chi connectivity index (χ3v) is 3.96. The Labute approximate surface area is 122 Å². The van der Waals surface area contributed by atoms with Gasteiger partial charge in [-0.2, -0.15) is 0 Å². The second-order valence-corrected chi connectivity index (χ2v) is 5.99. The summed E-state index contributed by atoms with van der Waals surface area (Å²) in [6.07, 6.45) is 5.05. The SMILES string of the molecule is CC1(C)C=Cc2c(ccc3c2[nH]c2ccc(C=O)cc23)O1. The number of carbonyl (C=O) groups is 1. The van der Waals surface area contributed by atoms with Gasteiger partial charge >= 0.3 is 0 Å². The van der Waals surface area contributed by atoms with E-state index in [4.69, 9.17) is 4.74 Å². The molecule has 0 bridgehead atoms. The van der Waals surface area contributed by atoms with Crippen molar-refractivity contribution in [2.45, 2.75) is 19.4 Å². The van der Waals surface area contributed by atoms with Gasteiger partial charge in [0.1, 0.15) is 17.6 Å². The van der Waals surface area contributed by atoms with E-state index in [1.165, 1.54) is 0 Å². The highest BCUT2D eigenvalue weighted by molar-refractivity contribution is 6.11. The maximum atomic E-state index is 11.0. The molecule has 0 radical (unpaired) electrons. The van der Waals surface area contributed by atoms with E-state index < -0.39 is 0 Å². The lowest BCUT2D eigenvalue weighted by Gasteiger charge is -2.27. The number of aldehydes is 1. The highest BCUT2D eigenvalue weighted by Crippen LogP contribution is 2.38. The number of carbonyl (C=O) groups excluding carboxylic acids is 1. The second kappa shape index (κ2) is 3.98. The number of nitrogens with one attached hydrogen (secondary N) is 1. The number of aromatic nitrogens is 1. The Hall–Kier alpha value is -2.55. The molecule has 0 amide bonds. The quantitative estimate of drug-likeness (QED) is 0.673. The standard InChI is InChI=1S/C18H15NO2/c1-18(2)8-7-13-16(21-18)6-4-12-14-9-11(10-20)3-5-15(14)19-17(12)13/h3-10,19H,1-2H3. The summed E-state index contributed by atoms with van der Waals surface area (Å²) in [5.41, 5.74) is 3.56. The molecule has 2 aromatic carbocycles. The first-order valence-electron chi connectivity index (χ1n) is 6.99. The van der Waals surface area contributed by atoms with Crippen LogP contribution >= 0.6 is 0 Å². The number of hydrogen-bond acceptors (Lipinski definition) is 2. The molecule has 1 aliphatic heterocycles. The molecule has 3 aromatic rings. The molecular formula is C18H15NO2. The van der Waals surface area contributed by atoms with Gasteiger partial charge in [-0.1, -0.05) is 0 Å². The van der Waals surface area contributed by atoms with Gasteiger partial charge in [-0.05, 0) is 56.3 Å². The predicted molar refractivity (Wildman–Crippen MR) is 84.9 cm³/mol. The lowest BCUT2D eigenvalue weighted by atomic mass is 10.00. The molecule has 0 spiro atoms. The molecule has 3 heteroatoms. The minimum atomic E-state index is -0.280. The first-order valence-corrected chi connectivity index (χ1v) is 6.99. The Morgan fingerprint density at radius 3 is 2.81 bits per heavy atom. The van der Waals surface area contributed by atoms with Gasteiger partial charge in [0.25, 0.3) is 0 Å². The summed E-state index contributed by atoms with van der Waals surface area (Å²) in [7, 11) is 0. The van der Waals surface area contributed by atoms with Crippen molar-refractivity contribution in [3.05, 3.63) is 47.5 Å². The minimum absolute atomic E-state index is 0.280. The van der Waals surface area contributed by atoms with Crippen LogP contribution in [0.3, 0.4) is 0 Å². The fourth-order valence-electron chi connectivity index (χ4n) is 2.92. The first kappa shape index (κ1) is 12.2. The van der Waals surface area contributed by atoms with Gasteiger partial charge in [-0.3, -0.25) is 4.79 Å². The Morgan fingerprint density at radius 2 is 2.00 bits per heavy atom. The van der Waals surface area contributed by atoms with Crippen molar-refractivity contribution >= 4 is 34.2 Å². The summed E-state index contributed by atoms with van der Waals surface area (Å²) in [5.74, 6) is 0.886. The minimum Gasteiger partial charge on any atom is -0.483 e. The van der Waals surface area contributed by atoms with E-state index in [1.807, 2.05) is 38.1 Å². The van der Waals surface area contributed by atoms with E-state index >= 15 is 0 Å². The number of benzene rings is 2. The fourth-order valence-corrected chi connectivity index (χ4v) is 2.92. The second-order valence-electron chi connectivity index (χ2n) is 5.99. The molecule has 4 rings (SSSR count). The van der Waals surface area contributed by atoms with E-state index in [-0.39, 0.29) is 5.60 Å². The fraction of sp³-hybridized carbons (Fsp3) is 0.167. The predicted octanol–water partition coefficient (Wildman–Crippen LogP) is 4.32. The summed E-state index contributed by atoms with van der Waals surface area (Å²) in [5, 5.41) is 2.18. The Bertz CT molecular complexity index is 916. The lowest BCUT2D eigenvalue weighted by Crippen LogP contribution is -2.27. The summed E-state index contributed by atoms with van der Waals surface area (Å²) < 4.78 is 6.01. The van der Waals surface area contributed by atoms with E-state index in [9.17, 15) is 4.79 Å². The van der Waals surface area contributed by atoms with E-state index in [2.05, 4.69) is 23.2 Å².